The Morgan fingerprint density at radius 2 is 1.33 bits per heavy atom. The summed E-state index contributed by atoms with van der Waals surface area (Å²) in [5, 5.41) is 0. The summed E-state index contributed by atoms with van der Waals surface area (Å²) in [7, 11) is 0.500. The summed E-state index contributed by atoms with van der Waals surface area (Å²) in [4.78, 5) is 0. The van der Waals surface area contributed by atoms with Gasteiger partial charge in [-0.15, -0.1) is 0 Å². The molecule has 0 radical (unpaired) electrons. The number of halogens is 1. The molecule has 0 spiro atoms. The molecule has 1 aromatic rings. The van der Waals surface area contributed by atoms with Gasteiger partial charge in [0, 0.05) is 0 Å². The van der Waals surface area contributed by atoms with Crippen molar-refractivity contribution in [2.75, 3.05) is 7.18 Å². The number of hydrogen-bond acceptors (Lipinski definition) is 0. The van der Waals surface area contributed by atoms with E-state index in [0.29, 0.717) is 12.6 Å². The van der Waals surface area contributed by atoms with Gasteiger partial charge in [0.25, 0.3) is 0 Å². The molecule has 0 aliphatic rings. The van der Waals surface area contributed by atoms with Crippen molar-refractivity contribution in [1.29, 1.82) is 0 Å². The largest absolute Gasteiger partial charge is 0.255 e. The maximum absolute atomic E-state index is 9.50. The first kappa shape index (κ1) is 11.2. The standard InChI is InChI=1S/C10H14.CH3F/c1-10(2,3)9-7-5-4-6-8-9;1-2/h4-8H,1-3H3;1H3/i;2-1. The highest BCUT2D eigenvalue weighted by Gasteiger charge is 2.11. The third-order valence-corrected chi connectivity index (χ3v) is 1.64. The zero-order chi connectivity index (χ0) is 9.61. The van der Waals surface area contributed by atoms with Crippen molar-refractivity contribution in [1.82, 2.24) is 0 Å². The van der Waals surface area contributed by atoms with Gasteiger partial charge >= 0.3 is 0 Å². The normalized spacial score (nSPS) is 10.1. The molecule has 0 heterocycles. The average molecular weight is 167 g/mol. The minimum atomic E-state index is 0.293. The summed E-state index contributed by atoms with van der Waals surface area (Å²) < 4.78 is 9.50. The first-order valence-corrected chi connectivity index (χ1v) is 4.04. The van der Waals surface area contributed by atoms with Gasteiger partial charge in [-0.05, 0) is 11.0 Å². The second-order valence-corrected chi connectivity index (χ2v) is 3.62. The molecule has 68 valence electrons. The fraction of sp³-hybridized carbons (Fsp3) is 0.455. The summed E-state index contributed by atoms with van der Waals surface area (Å²) in [6.07, 6.45) is 0. The Morgan fingerprint density at radius 1 is 0.917 bits per heavy atom. The lowest BCUT2D eigenvalue weighted by molar-refractivity contribution is 0.590. The van der Waals surface area contributed by atoms with Crippen LogP contribution in [0.3, 0.4) is 0 Å². The smallest absolute Gasteiger partial charge is 0.0785 e. The molecule has 0 N–H and O–H groups in total. The molecule has 0 atom stereocenters. The quantitative estimate of drug-likeness (QED) is 0.554. The van der Waals surface area contributed by atoms with Crippen LogP contribution in [0.25, 0.3) is 0 Å². The molecule has 0 amide bonds. The predicted molar refractivity (Wildman–Crippen MR) is 52.2 cm³/mol. The van der Waals surface area contributed by atoms with E-state index in [1.54, 1.807) is 0 Å². The van der Waals surface area contributed by atoms with Gasteiger partial charge in [-0.3, -0.25) is 4.39 Å². The van der Waals surface area contributed by atoms with Crippen LogP contribution in [0.2, 0.25) is 0 Å². The third kappa shape index (κ3) is 3.51. The lowest BCUT2D eigenvalue weighted by atomic mass is 9.87. The van der Waals surface area contributed by atoms with Gasteiger partial charge in [-0.1, -0.05) is 51.1 Å². The highest BCUT2D eigenvalue weighted by atomic mass is 18.2. The van der Waals surface area contributed by atoms with Crippen molar-refractivity contribution in [3.63, 3.8) is 0 Å². The molecule has 0 aliphatic carbocycles. The van der Waals surface area contributed by atoms with Gasteiger partial charge in [0.15, 0.2) is 0 Å². The van der Waals surface area contributed by atoms with Crippen LogP contribution < -0.4 is 0 Å². The molecule has 0 saturated carbocycles. The Balaban J connectivity index is 0.000000561. The van der Waals surface area contributed by atoms with Gasteiger partial charge in [0.2, 0.25) is 0 Å². The second-order valence-electron chi connectivity index (χ2n) is 3.62. The molecule has 0 unspecified atom stereocenters. The van der Waals surface area contributed by atoms with E-state index in [4.69, 9.17) is 0 Å². The van der Waals surface area contributed by atoms with Crippen molar-refractivity contribution in [2.45, 2.75) is 26.2 Å². The van der Waals surface area contributed by atoms with E-state index >= 15 is 0 Å². The zero-order valence-corrected chi connectivity index (χ0v) is 8.26. The molecule has 1 heteroatoms. The Labute approximate surface area is 74.4 Å². The molecular formula is C11H17F. The lowest BCUT2D eigenvalue weighted by Crippen LogP contribution is -2.10. The first-order chi connectivity index (χ1) is 5.61. The third-order valence-electron chi connectivity index (χ3n) is 1.64. The Hall–Kier alpha value is -0.850. The van der Waals surface area contributed by atoms with Crippen molar-refractivity contribution >= 4 is 0 Å². The summed E-state index contributed by atoms with van der Waals surface area (Å²) in [6, 6.07) is 10.6. The molecule has 0 aliphatic heterocycles. The number of rotatable bonds is 0. The maximum Gasteiger partial charge on any atom is 0.0785 e. The summed E-state index contributed by atoms with van der Waals surface area (Å²) in [5.74, 6) is 0. The van der Waals surface area contributed by atoms with Crippen molar-refractivity contribution in [3.8, 4) is 0 Å². The SMILES string of the molecule is CC(C)(C)c1ccccc1.C[18F]. The maximum atomic E-state index is 9.50. The van der Waals surface area contributed by atoms with Gasteiger partial charge in [0.05, 0.1) is 7.18 Å². The van der Waals surface area contributed by atoms with E-state index in [1.165, 1.54) is 5.56 Å². The predicted octanol–water partition coefficient (Wildman–Crippen LogP) is 3.57. The molecule has 1 rings (SSSR count). The molecular weight excluding hydrogens is 150 g/mol. The van der Waals surface area contributed by atoms with Crippen LogP contribution in [-0.2, 0) is 5.41 Å². The summed E-state index contributed by atoms with van der Waals surface area (Å²) in [5.41, 5.74) is 1.69. The Bertz CT molecular complexity index is 196. The van der Waals surface area contributed by atoms with Crippen molar-refractivity contribution < 1.29 is 4.39 Å². The van der Waals surface area contributed by atoms with E-state index in [1.807, 2.05) is 0 Å². The van der Waals surface area contributed by atoms with E-state index in [-0.39, 0.29) is 0 Å². The molecule has 0 aromatic heterocycles. The minimum Gasteiger partial charge on any atom is -0.255 e. The zero-order valence-electron chi connectivity index (χ0n) is 8.26. The van der Waals surface area contributed by atoms with Crippen LogP contribution in [-0.4, -0.2) is 7.18 Å². The van der Waals surface area contributed by atoms with Crippen LogP contribution in [0.5, 0.6) is 0 Å². The highest BCUT2D eigenvalue weighted by molar-refractivity contribution is 5.21. The minimum absolute atomic E-state index is 0.293. The van der Waals surface area contributed by atoms with E-state index < -0.39 is 0 Å². The fourth-order valence-corrected chi connectivity index (χ4v) is 0.938. The second kappa shape index (κ2) is 4.91. The Morgan fingerprint density at radius 3 is 1.58 bits per heavy atom. The van der Waals surface area contributed by atoms with E-state index in [9.17, 15) is 4.39 Å². The molecule has 0 fully saturated rings. The molecule has 0 saturated heterocycles. The topological polar surface area (TPSA) is 0 Å². The first-order valence-electron chi connectivity index (χ1n) is 4.04. The van der Waals surface area contributed by atoms with Crippen molar-refractivity contribution in [3.05, 3.63) is 35.9 Å². The average Bonchev–Trinajstić information content (AvgIpc) is 2.08. The number of hydrogen-bond donors (Lipinski definition) is 0. The molecule has 1 aromatic carbocycles. The van der Waals surface area contributed by atoms with Crippen LogP contribution in [0.4, 0.5) is 4.39 Å². The summed E-state index contributed by atoms with van der Waals surface area (Å²) in [6.45, 7) is 6.67. The number of benzene rings is 1. The number of alkyl halides is 1. The monoisotopic (exact) mass is 167 g/mol. The van der Waals surface area contributed by atoms with Crippen LogP contribution in [0.1, 0.15) is 26.3 Å². The highest BCUT2D eigenvalue weighted by Crippen LogP contribution is 2.20. The fourth-order valence-electron chi connectivity index (χ4n) is 0.938. The summed E-state index contributed by atoms with van der Waals surface area (Å²) >= 11 is 0. The van der Waals surface area contributed by atoms with Crippen LogP contribution >= 0.6 is 0 Å². The lowest BCUT2D eigenvalue weighted by Gasteiger charge is -2.18. The molecule has 0 nitrogen and oxygen atoms in total. The molecule has 12 heavy (non-hydrogen) atoms. The molecule has 0 bridgehead atoms. The van der Waals surface area contributed by atoms with Gasteiger partial charge in [-0.2, -0.15) is 0 Å². The van der Waals surface area contributed by atoms with Crippen LogP contribution in [0.15, 0.2) is 30.3 Å². The van der Waals surface area contributed by atoms with E-state index in [2.05, 4.69) is 51.1 Å². The van der Waals surface area contributed by atoms with Gasteiger partial charge < -0.3 is 0 Å². The van der Waals surface area contributed by atoms with E-state index in [0.717, 1.165) is 0 Å². The van der Waals surface area contributed by atoms with Gasteiger partial charge in [-0.25, -0.2) is 0 Å². The van der Waals surface area contributed by atoms with Crippen LogP contribution in [0, 0.1) is 0 Å². The van der Waals surface area contributed by atoms with Crippen molar-refractivity contribution in [2.24, 2.45) is 0 Å². The van der Waals surface area contributed by atoms with Gasteiger partial charge in [0.1, 0.15) is 0 Å². The Kier molecular flexibility index (Phi) is 4.57.